The van der Waals surface area contributed by atoms with Gasteiger partial charge in [-0.3, -0.25) is 4.79 Å². The summed E-state index contributed by atoms with van der Waals surface area (Å²) in [5, 5.41) is 11.6. The summed E-state index contributed by atoms with van der Waals surface area (Å²) in [5.41, 5.74) is 2.57. The zero-order valence-corrected chi connectivity index (χ0v) is 20.8. The Balaban J connectivity index is 1.24. The van der Waals surface area contributed by atoms with E-state index in [-0.39, 0.29) is 5.91 Å². The van der Waals surface area contributed by atoms with Gasteiger partial charge in [-0.2, -0.15) is 0 Å². The first-order chi connectivity index (χ1) is 16.9. The minimum absolute atomic E-state index is 0.137. The summed E-state index contributed by atoms with van der Waals surface area (Å²) in [4.78, 5) is 19.3. The van der Waals surface area contributed by atoms with Crippen LogP contribution in [0.5, 0.6) is 0 Å². The van der Waals surface area contributed by atoms with Gasteiger partial charge >= 0.3 is 0 Å². The van der Waals surface area contributed by atoms with Crippen molar-refractivity contribution in [1.29, 1.82) is 0 Å². The molecule has 1 aromatic heterocycles. The second-order valence-corrected chi connectivity index (χ2v) is 10.8. The van der Waals surface area contributed by atoms with Crippen LogP contribution in [0.2, 0.25) is 5.02 Å². The molecule has 1 aliphatic rings. The van der Waals surface area contributed by atoms with E-state index >= 15 is 0 Å². The number of halogens is 2. The van der Waals surface area contributed by atoms with Crippen LogP contribution in [0.4, 0.5) is 10.1 Å². The maximum atomic E-state index is 13.9. The van der Waals surface area contributed by atoms with Crippen molar-refractivity contribution in [2.75, 3.05) is 17.8 Å². The number of likely N-dealkylation sites (tertiary alicyclic amines) is 1. The zero-order chi connectivity index (χ0) is 24.6. The molecular formula is C25H21ClFN3O3S2. The molecule has 5 rings (SSSR count). The normalized spacial score (nSPS) is 16.3. The van der Waals surface area contributed by atoms with Crippen molar-refractivity contribution in [3.63, 3.8) is 0 Å². The van der Waals surface area contributed by atoms with Crippen LogP contribution in [0.15, 0.2) is 71.1 Å². The molecule has 1 fully saturated rings. The third-order valence-corrected chi connectivity index (χ3v) is 8.51. The number of piperidine rings is 1. The van der Waals surface area contributed by atoms with Crippen LogP contribution >= 0.6 is 22.9 Å². The lowest BCUT2D eigenvalue weighted by Crippen LogP contribution is -2.45. The maximum absolute atomic E-state index is 13.9. The van der Waals surface area contributed by atoms with Gasteiger partial charge in [0.05, 0.1) is 21.5 Å². The van der Waals surface area contributed by atoms with E-state index in [0.717, 1.165) is 11.3 Å². The molecule has 2 N–H and O–H groups in total. The van der Waals surface area contributed by atoms with Crippen molar-refractivity contribution in [3.8, 4) is 0 Å². The number of nitrogens with zero attached hydrogens (tertiary/aromatic N) is 2. The topological polar surface area (TPSA) is 88.5 Å². The first-order valence-corrected chi connectivity index (χ1v) is 13.3. The van der Waals surface area contributed by atoms with Crippen molar-refractivity contribution in [3.05, 3.63) is 88.1 Å². The van der Waals surface area contributed by atoms with E-state index in [4.69, 9.17) is 11.6 Å². The quantitative estimate of drug-likeness (QED) is 0.340. The van der Waals surface area contributed by atoms with E-state index in [0.29, 0.717) is 62.9 Å². The molecule has 4 aromatic rings. The van der Waals surface area contributed by atoms with Crippen LogP contribution in [-0.2, 0) is 17.0 Å². The molecular weight excluding hydrogens is 509 g/mol. The fourth-order valence-electron chi connectivity index (χ4n) is 4.26. The number of hydrogen-bond acceptors (Lipinski definition) is 6. The number of aromatic nitrogens is 1. The smallest absolute Gasteiger partial charge is 0.253 e. The minimum Gasteiger partial charge on any atom is -0.588 e. The van der Waals surface area contributed by atoms with E-state index in [1.807, 2.05) is 18.2 Å². The fourth-order valence-corrected chi connectivity index (χ4v) is 6.33. The van der Waals surface area contributed by atoms with Gasteiger partial charge in [0.25, 0.3) is 5.91 Å². The molecule has 1 aliphatic heterocycles. The molecule has 180 valence electrons. The van der Waals surface area contributed by atoms with E-state index in [9.17, 15) is 18.8 Å². The van der Waals surface area contributed by atoms with E-state index < -0.39 is 22.8 Å². The number of aliphatic hydroxyl groups is 1. The number of rotatable bonds is 5. The monoisotopic (exact) mass is 529 g/mol. The number of amides is 1. The number of carbonyl (C=O) groups is 1. The molecule has 2 heterocycles. The number of nitrogens with one attached hydrogen (secondary N) is 1. The van der Waals surface area contributed by atoms with Gasteiger partial charge < -0.3 is 14.6 Å². The Morgan fingerprint density at radius 1 is 1.14 bits per heavy atom. The Kier molecular flexibility index (Phi) is 6.69. The van der Waals surface area contributed by atoms with E-state index in [2.05, 4.69) is 9.71 Å². The molecule has 0 aliphatic carbocycles. The van der Waals surface area contributed by atoms with Gasteiger partial charge in [-0.25, -0.2) is 14.1 Å². The second-order valence-electron chi connectivity index (χ2n) is 8.33. The predicted molar refractivity (Wildman–Crippen MR) is 137 cm³/mol. The van der Waals surface area contributed by atoms with Crippen molar-refractivity contribution in [2.24, 2.45) is 0 Å². The minimum atomic E-state index is -1.65. The van der Waals surface area contributed by atoms with Gasteiger partial charge in [0.15, 0.2) is 0 Å². The first kappa shape index (κ1) is 24.0. The second kappa shape index (κ2) is 9.75. The van der Waals surface area contributed by atoms with Gasteiger partial charge in [-0.05, 0) is 49.2 Å². The van der Waals surface area contributed by atoms with Crippen LogP contribution < -0.4 is 4.72 Å². The Morgan fingerprint density at radius 3 is 2.57 bits per heavy atom. The molecule has 0 bridgehead atoms. The molecule has 1 amide bonds. The molecule has 1 unspecified atom stereocenters. The Labute approximate surface area is 213 Å². The number of anilines is 1. The number of hydrogen-bond donors (Lipinski definition) is 2. The van der Waals surface area contributed by atoms with Crippen LogP contribution in [-0.4, -0.2) is 38.5 Å². The van der Waals surface area contributed by atoms with Crippen molar-refractivity contribution in [2.45, 2.75) is 23.3 Å². The number of benzene rings is 3. The summed E-state index contributed by atoms with van der Waals surface area (Å²) >= 11 is 5.78. The standard InChI is InChI=1S/C25H21ClFN3O3S2/c26-19-4-2-1-3-18(19)25(32)11-13-30(14-12-25)24(31)16-5-7-17(8-6-16)29-35(33)21-10-9-20(27)23-22(21)28-15-34-23/h1-10,15,29,32H,11-14H2. The van der Waals surface area contributed by atoms with Crippen molar-refractivity contribution in [1.82, 2.24) is 9.88 Å². The highest BCUT2D eigenvalue weighted by Gasteiger charge is 2.37. The summed E-state index contributed by atoms with van der Waals surface area (Å²) in [5.74, 6) is -0.532. The molecule has 0 radical (unpaired) electrons. The third-order valence-electron chi connectivity index (χ3n) is 6.19. The molecule has 1 saturated heterocycles. The predicted octanol–water partition coefficient (Wildman–Crippen LogP) is 5.35. The van der Waals surface area contributed by atoms with Gasteiger partial charge in [0.1, 0.15) is 22.7 Å². The Bertz CT molecular complexity index is 1370. The van der Waals surface area contributed by atoms with Gasteiger partial charge in [-0.15, -0.1) is 11.3 Å². The molecule has 0 saturated carbocycles. The summed E-state index contributed by atoms with van der Waals surface area (Å²) in [6.07, 6.45) is 0.785. The number of thiazole rings is 1. The average molecular weight is 530 g/mol. The van der Waals surface area contributed by atoms with Gasteiger partial charge in [-0.1, -0.05) is 29.8 Å². The maximum Gasteiger partial charge on any atom is 0.253 e. The summed E-state index contributed by atoms with van der Waals surface area (Å²) < 4.78 is 30.0. The summed E-state index contributed by atoms with van der Waals surface area (Å²) in [6, 6.07) is 16.7. The highest BCUT2D eigenvalue weighted by molar-refractivity contribution is 7.93. The van der Waals surface area contributed by atoms with E-state index in [1.165, 1.54) is 17.6 Å². The van der Waals surface area contributed by atoms with Crippen LogP contribution in [0.25, 0.3) is 10.2 Å². The zero-order valence-electron chi connectivity index (χ0n) is 18.4. The van der Waals surface area contributed by atoms with Crippen LogP contribution in [0.1, 0.15) is 28.8 Å². The number of carbonyl (C=O) groups excluding carboxylic acids is 1. The molecule has 3 aromatic carbocycles. The lowest BCUT2D eigenvalue weighted by atomic mass is 9.84. The Morgan fingerprint density at radius 2 is 1.86 bits per heavy atom. The van der Waals surface area contributed by atoms with Gasteiger partial charge in [0.2, 0.25) is 4.90 Å². The molecule has 6 nitrogen and oxygen atoms in total. The van der Waals surface area contributed by atoms with Crippen molar-refractivity contribution >= 4 is 56.1 Å². The first-order valence-electron chi connectivity index (χ1n) is 10.9. The number of fused-ring (bicyclic) bond motifs is 1. The summed E-state index contributed by atoms with van der Waals surface area (Å²) in [6.45, 7) is 0.803. The Hall–Kier alpha value is -2.69. The molecule has 0 spiro atoms. The fraction of sp³-hybridized carbons (Fsp3) is 0.200. The lowest BCUT2D eigenvalue weighted by molar-refractivity contribution is -0.0210. The molecule has 35 heavy (non-hydrogen) atoms. The van der Waals surface area contributed by atoms with Crippen molar-refractivity contribution < 1.29 is 18.8 Å². The highest BCUT2D eigenvalue weighted by Crippen LogP contribution is 2.37. The van der Waals surface area contributed by atoms with Crippen LogP contribution in [0.3, 0.4) is 0 Å². The third kappa shape index (κ3) is 4.74. The summed E-state index contributed by atoms with van der Waals surface area (Å²) in [7, 11) is 0. The average Bonchev–Trinajstić information content (AvgIpc) is 3.36. The molecule has 1 atom stereocenters. The SMILES string of the molecule is O=C(c1ccc(N[S+]([O-])c2ccc(F)c3scnc23)cc1)N1CCC(O)(c2ccccc2Cl)CC1. The van der Waals surface area contributed by atoms with Crippen LogP contribution in [0, 0.1) is 5.82 Å². The lowest BCUT2D eigenvalue weighted by Gasteiger charge is -2.39. The van der Waals surface area contributed by atoms with Gasteiger partial charge in [0, 0.05) is 35.3 Å². The van der Waals surface area contributed by atoms with E-state index in [1.54, 1.807) is 35.2 Å². The molecule has 10 heteroatoms. The largest absolute Gasteiger partial charge is 0.588 e. The highest BCUT2D eigenvalue weighted by atomic mass is 35.5.